The number of hydrogen-bond donors (Lipinski definition) is 2. The number of nitrogens with one attached hydrogen (secondary N) is 2. The lowest BCUT2D eigenvalue weighted by Crippen LogP contribution is -2.51. The van der Waals surface area contributed by atoms with E-state index in [-0.39, 0.29) is 16.9 Å². The van der Waals surface area contributed by atoms with Crippen LogP contribution in [0.25, 0.3) is 11.0 Å². The number of halogens is 2. The average Bonchev–Trinajstić information content (AvgIpc) is 2.81. The number of rotatable bonds is 6. The van der Waals surface area contributed by atoms with Crippen molar-refractivity contribution in [3.8, 4) is 0 Å². The Kier molecular flexibility index (Phi) is 6.26. The summed E-state index contributed by atoms with van der Waals surface area (Å²) in [5.74, 6) is -0.0142. The van der Waals surface area contributed by atoms with E-state index in [1.807, 2.05) is 0 Å². The topological polar surface area (TPSA) is 116 Å². The number of piperazine rings is 1. The first kappa shape index (κ1) is 21.6. The molecule has 0 spiro atoms. The maximum atomic E-state index is 13.4. The summed E-state index contributed by atoms with van der Waals surface area (Å²) in [6, 6.07) is 3.64. The highest BCUT2D eigenvalue weighted by Crippen LogP contribution is 2.25. The second kappa shape index (κ2) is 9.27. The van der Waals surface area contributed by atoms with Crippen molar-refractivity contribution in [2.45, 2.75) is 13.0 Å². The Morgan fingerprint density at radius 1 is 1.22 bits per heavy atom. The Hall–Kier alpha value is -3.60. The van der Waals surface area contributed by atoms with Gasteiger partial charge >= 0.3 is 0 Å². The first-order valence-electron chi connectivity index (χ1n) is 9.89. The van der Waals surface area contributed by atoms with Gasteiger partial charge in [0.15, 0.2) is 5.82 Å². The molecule has 166 valence electrons. The van der Waals surface area contributed by atoms with Gasteiger partial charge in [-0.3, -0.25) is 9.59 Å². The van der Waals surface area contributed by atoms with E-state index in [4.69, 9.17) is 11.6 Å². The zero-order valence-electron chi connectivity index (χ0n) is 17.1. The van der Waals surface area contributed by atoms with Gasteiger partial charge in [-0.05, 0) is 25.1 Å². The Labute approximate surface area is 187 Å². The molecule has 0 radical (unpaired) electrons. The average molecular weight is 459 g/mol. The smallest absolute Gasteiger partial charge is 0.244 e. The first-order valence-corrected chi connectivity index (χ1v) is 10.3. The molecule has 0 saturated carbocycles. The van der Waals surface area contributed by atoms with Gasteiger partial charge in [-0.1, -0.05) is 11.6 Å². The van der Waals surface area contributed by atoms with E-state index in [1.54, 1.807) is 16.7 Å². The summed E-state index contributed by atoms with van der Waals surface area (Å²) in [6.07, 6.45) is 3.67. The van der Waals surface area contributed by atoms with E-state index < -0.39 is 11.9 Å². The normalized spacial score (nSPS) is 14.8. The van der Waals surface area contributed by atoms with Gasteiger partial charge in [0.1, 0.15) is 29.2 Å². The fourth-order valence-electron chi connectivity index (χ4n) is 3.30. The number of amides is 2. The van der Waals surface area contributed by atoms with E-state index >= 15 is 0 Å². The zero-order valence-corrected chi connectivity index (χ0v) is 17.9. The van der Waals surface area contributed by atoms with Crippen LogP contribution in [0.2, 0.25) is 5.02 Å². The number of nitrogens with zero attached hydrogens (tertiary/aromatic N) is 6. The molecule has 10 nitrogen and oxygen atoms in total. The van der Waals surface area contributed by atoms with Gasteiger partial charge in [0, 0.05) is 31.9 Å². The quantitative estimate of drug-likeness (QED) is 0.539. The first-order chi connectivity index (χ1) is 15.4. The second-order valence-corrected chi connectivity index (χ2v) is 7.64. The lowest BCUT2D eigenvalue weighted by atomic mass is 10.2. The molecule has 3 heterocycles. The van der Waals surface area contributed by atoms with Gasteiger partial charge in [0.05, 0.1) is 11.2 Å². The molecule has 2 amide bonds. The van der Waals surface area contributed by atoms with E-state index in [2.05, 4.69) is 30.6 Å². The van der Waals surface area contributed by atoms with Gasteiger partial charge in [-0.25, -0.2) is 24.3 Å². The molecule has 1 saturated heterocycles. The monoisotopic (exact) mass is 458 g/mol. The molecule has 12 heteroatoms. The molecule has 1 aromatic carbocycles. The predicted molar refractivity (Wildman–Crippen MR) is 117 cm³/mol. The molecular formula is C20H20ClFN8O2. The number of carbonyl (C=O) groups excluding carboxylic acids is 2. The predicted octanol–water partition coefficient (Wildman–Crippen LogP) is 2.06. The fraction of sp³-hybridized carbons (Fsp3) is 0.300. The van der Waals surface area contributed by atoms with E-state index in [0.29, 0.717) is 48.7 Å². The minimum Gasteiger partial charge on any atom is -0.343 e. The van der Waals surface area contributed by atoms with Crippen molar-refractivity contribution in [2.24, 2.45) is 0 Å². The van der Waals surface area contributed by atoms with Crippen molar-refractivity contribution in [1.29, 1.82) is 0 Å². The number of carbonyl (C=O) groups is 2. The minimum absolute atomic E-state index is 0.0216. The number of aromatic nitrogens is 4. The van der Waals surface area contributed by atoms with Crippen molar-refractivity contribution >= 4 is 52.4 Å². The lowest BCUT2D eigenvalue weighted by molar-refractivity contribution is -0.135. The third-order valence-electron chi connectivity index (χ3n) is 5.05. The lowest BCUT2D eigenvalue weighted by Gasteiger charge is -2.34. The van der Waals surface area contributed by atoms with E-state index in [9.17, 15) is 14.0 Å². The molecule has 1 unspecified atom stereocenters. The summed E-state index contributed by atoms with van der Waals surface area (Å²) >= 11 is 5.85. The van der Waals surface area contributed by atoms with Crippen LogP contribution in [0.1, 0.15) is 6.92 Å². The van der Waals surface area contributed by atoms with Crippen molar-refractivity contribution in [1.82, 2.24) is 29.7 Å². The van der Waals surface area contributed by atoms with E-state index in [1.165, 1.54) is 30.7 Å². The molecule has 32 heavy (non-hydrogen) atoms. The van der Waals surface area contributed by atoms with Crippen molar-refractivity contribution in [3.63, 3.8) is 0 Å². The largest absolute Gasteiger partial charge is 0.343 e. The molecule has 1 fully saturated rings. The maximum Gasteiger partial charge on any atom is 0.244 e. The molecule has 2 N–H and O–H groups in total. The summed E-state index contributed by atoms with van der Waals surface area (Å²) in [5.41, 5.74) is 1.44. The van der Waals surface area contributed by atoms with Crippen LogP contribution < -0.4 is 10.6 Å². The van der Waals surface area contributed by atoms with Crippen LogP contribution in [0.5, 0.6) is 0 Å². The highest BCUT2D eigenvalue weighted by Gasteiger charge is 2.25. The maximum absolute atomic E-state index is 13.4. The van der Waals surface area contributed by atoms with Crippen LogP contribution >= 0.6 is 11.6 Å². The van der Waals surface area contributed by atoms with Crippen molar-refractivity contribution < 1.29 is 14.0 Å². The SMILES string of the molecule is CC(Nc1ncc2ncnc(Nc3ccc(F)c(Cl)c3)c2n1)C(=O)N1CCN(C=O)CC1. The molecule has 1 aliphatic heterocycles. The fourth-order valence-corrected chi connectivity index (χ4v) is 3.48. The zero-order chi connectivity index (χ0) is 22.7. The molecular weight excluding hydrogens is 439 g/mol. The van der Waals surface area contributed by atoms with Crippen molar-refractivity contribution in [2.75, 3.05) is 36.8 Å². The highest BCUT2D eigenvalue weighted by molar-refractivity contribution is 6.31. The molecule has 0 bridgehead atoms. The summed E-state index contributed by atoms with van der Waals surface area (Å²) in [7, 11) is 0. The van der Waals surface area contributed by atoms with Gasteiger partial charge in [-0.15, -0.1) is 0 Å². The molecule has 3 aromatic rings. The molecule has 1 aliphatic rings. The third-order valence-corrected chi connectivity index (χ3v) is 5.34. The number of anilines is 3. The third kappa shape index (κ3) is 4.67. The summed E-state index contributed by atoms with van der Waals surface area (Å²) < 4.78 is 13.4. The van der Waals surface area contributed by atoms with Crippen LogP contribution in [-0.2, 0) is 9.59 Å². The Bertz CT molecular complexity index is 1160. The number of hydrogen-bond acceptors (Lipinski definition) is 8. The molecule has 2 aromatic heterocycles. The molecule has 4 rings (SSSR count). The van der Waals surface area contributed by atoms with Crippen LogP contribution in [0, 0.1) is 5.82 Å². The molecule has 0 aliphatic carbocycles. The van der Waals surface area contributed by atoms with Crippen LogP contribution in [0.3, 0.4) is 0 Å². The van der Waals surface area contributed by atoms with Crippen LogP contribution in [-0.4, -0.2) is 74.3 Å². The second-order valence-electron chi connectivity index (χ2n) is 7.24. The van der Waals surface area contributed by atoms with E-state index in [0.717, 1.165) is 6.41 Å². The molecule has 1 atom stereocenters. The van der Waals surface area contributed by atoms with Crippen LogP contribution in [0.15, 0.2) is 30.7 Å². The van der Waals surface area contributed by atoms with Crippen molar-refractivity contribution in [3.05, 3.63) is 41.6 Å². The van der Waals surface area contributed by atoms with Gasteiger partial charge in [0.2, 0.25) is 18.3 Å². The van der Waals surface area contributed by atoms with Gasteiger partial charge < -0.3 is 20.4 Å². The summed E-state index contributed by atoms with van der Waals surface area (Å²) in [5, 5.41) is 6.04. The number of fused-ring (bicyclic) bond motifs is 1. The number of benzene rings is 1. The van der Waals surface area contributed by atoms with Gasteiger partial charge in [0.25, 0.3) is 0 Å². The summed E-state index contributed by atoms with van der Waals surface area (Å²) in [6.45, 7) is 3.69. The van der Waals surface area contributed by atoms with Gasteiger partial charge in [-0.2, -0.15) is 0 Å². The highest BCUT2D eigenvalue weighted by atomic mass is 35.5. The Morgan fingerprint density at radius 3 is 2.72 bits per heavy atom. The minimum atomic E-state index is -0.577. The van der Waals surface area contributed by atoms with Crippen LogP contribution in [0.4, 0.5) is 21.8 Å². The Balaban J connectivity index is 1.51. The summed E-state index contributed by atoms with van der Waals surface area (Å²) in [4.78, 5) is 44.0. The Morgan fingerprint density at radius 2 is 2.00 bits per heavy atom. The standard InChI is InChI=1S/C20H20ClFN8O2/c1-12(19(32)30-6-4-29(11-31)5-7-30)26-20-23-9-16-17(28-20)18(25-10-24-16)27-13-2-3-15(22)14(21)8-13/h2-3,8-12H,4-7H2,1H3,(H,23,26,28)(H,24,25,27).